The molecule has 0 spiro atoms. The molecule has 0 unspecified atom stereocenters. The molecular formula is C17H17N7O4. The molecule has 0 aromatic carbocycles. The van der Waals surface area contributed by atoms with Crippen molar-refractivity contribution >= 4 is 29.2 Å². The molecule has 0 atom stereocenters. The second kappa shape index (κ2) is 7.70. The van der Waals surface area contributed by atoms with Crippen LogP contribution < -0.4 is 16.4 Å². The lowest BCUT2D eigenvalue weighted by molar-refractivity contribution is -0.114. The number of hydrogen-bond donors (Lipinski definition) is 3. The van der Waals surface area contributed by atoms with Crippen LogP contribution in [-0.4, -0.2) is 37.5 Å². The molecule has 0 aliphatic carbocycles. The summed E-state index contributed by atoms with van der Waals surface area (Å²) in [6.07, 6.45) is 4.15. The van der Waals surface area contributed by atoms with E-state index < -0.39 is 11.8 Å². The number of primary amides is 1. The van der Waals surface area contributed by atoms with E-state index in [0.29, 0.717) is 17.9 Å². The van der Waals surface area contributed by atoms with Gasteiger partial charge in [-0.15, -0.1) is 0 Å². The number of aromatic nitrogens is 4. The zero-order valence-electron chi connectivity index (χ0n) is 15.1. The first-order valence-corrected chi connectivity index (χ1v) is 8.25. The summed E-state index contributed by atoms with van der Waals surface area (Å²) in [5.41, 5.74) is 5.94. The number of nitrogens with one attached hydrogen (secondary N) is 2. The molecule has 0 aliphatic rings. The van der Waals surface area contributed by atoms with Gasteiger partial charge in [0.2, 0.25) is 11.8 Å². The molecule has 11 nitrogen and oxygen atoms in total. The summed E-state index contributed by atoms with van der Waals surface area (Å²) in [4.78, 5) is 43.2. The average Bonchev–Trinajstić information content (AvgIpc) is 3.28. The molecule has 3 heterocycles. The van der Waals surface area contributed by atoms with Crippen molar-refractivity contribution in [3.63, 3.8) is 0 Å². The Morgan fingerprint density at radius 2 is 2.07 bits per heavy atom. The van der Waals surface area contributed by atoms with Crippen LogP contribution >= 0.6 is 0 Å². The molecule has 0 saturated carbocycles. The fraction of sp³-hybridized carbons (Fsp3) is 0.176. The van der Waals surface area contributed by atoms with Crippen LogP contribution in [0.5, 0.6) is 0 Å². The standard InChI is InChI=1S/C17H17N7O4/c1-3-24-7-11(14(23-24)15(18)26)21-16(27)12-8-28-17(22-12)10-4-5-19-13(6-10)20-9(2)25/h4-8H,3H2,1-2H3,(H2,18,26)(H,21,27)(H,19,20,25). The number of pyridine rings is 1. The van der Waals surface area contributed by atoms with Crippen LogP contribution in [0.4, 0.5) is 11.5 Å². The number of nitrogens with zero attached hydrogens (tertiary/aromatic N) is 4. The van der Waals surface area contributed by atoms with Gasteiger partial charge in [0.15, 0.2) is 11.4 Å². The lowest BCUT2D eigenvalue weighted by Gasteiger charge is -2.02. The first kappa shape index (κ1) is 18.8. The Labute approximate surface area is 159 Å². The van der Waals surface area contributed by atoms with Crippen LogP contribution in [-0.2, 0) is 11.3 Å². The molecule has 0 fully saturated rings. The molecule has 3 amide bonds. The normalized spacial score (nSPS) is 10.5. The molecule has 4 N–H and O–H groups in total. The van der Waals surface area contributed by atoms with Gasteiger partial charge in [0.25, 0.3) is 11.8 Å². The number of amides is 3. The summed E-state index contributed by atoms with van der Waals surface area (Å²) < 4.78 is 6.83. The van der Waals surface area contributed by atoms with Crippen molar-refractivity contribution in [1.82, 2.24) is 19.7 Å². The molecule has 3 aromatic rings. The monoisotopic (exact) mass is 383 g/mol. The van der Waals surface area contributed by atoms with Crippen molar-refractivity contribution in [3.05, 3.63) is 42.2 Å². The number of anilines is 2. The maximum Gasteiger partial charge on any atom is 0.277 e. The Morgan fingerprint density at radius 1 is 1.29 bits per heavy atom. The Kier molecular flexibility index (Phi) is 5.16. The predicted molar refractivity (Wildman–Crippen MR) is 98.4 cm³/mol. The maximum atomic E-state index is 12.5. The van der Waals surface area contributed by atoms with Crippen molar-refractivity contribution in [2.45, 2.75) is 20.4 Å². The van der Waals surface area contributed by atoms with Gasteiger partial charge in [-0.05, 0) is 19.1 Å². The SMILES string of the molecule is CCn1cc(NC(=O)c2coc(-c3ccnc(NC(C)=O)c3)n2)c(C(N)=O)n1. The van der Waals surface area contributed by atoms with E-state index in [-0.39, 0.29) is 28.9 Å². The van der Waals surface area contributed by atoms with Crippen LogP contribution in [0.15, 0.2) is 35.2 Å². The number of aryl methyl sites for hydroxylation is 1. The van der Waals surface area contributed by atoms with Gasteiger partial charge in [-0.2, -0.15) is 5.10 Å². The van der Waals surface area contributed by atoms with E-state index in [0.717, 1.165) is 0 Å². The lowest BCUT2D eigenvalue weighted by atomic mass is 10.2. The van der Waals surface area contributed by atoms with Gasteiger partial charge < -0.3 is 20.8 Å². The van der Waals surface area contributed by atoms with Crippen LogP contribution in [0.2, 0.25) is 0 Å². The average molecular weight is 383 g/mol. The zero-order chi connectivity index (χ0) is 20.3. The number of rotatable bonds is 6. The molecule has 0 aliphatic heterocycles. The number of carbonyl (C=O) groups is 3. The molecule has 28 heavy (non-hydrogen) atoms. The van der Waals surface area contributed by atoms with E-state index in [1.54, 1.807) is 12.1 Å². The molecule has 144 valence electrons. The first-order valence-electron chi connectivity index (χ1n) is 8.25. The molecule has 0 radical (unpaired) electrons. The Bertz CT molecular complexity index is 1050. The lowest BCUT2D eigenvalue weighted by Crippen LogP contribution is -2.18. The van der Waals surface area contributed by atoms with Gasteiger partial charge in [-0.25, -0.2) is 9.97 Å². The minimum Gasteiger partial charge on any atom is -0.444 e. The van der Waals surface area contributed by atoms with Crippen LogP contribution in [0.1, 0.15) is 34.8 Å². The summed E-state index contributed by atoms with van der Waals surface area (Å²) in [6.45, 7) is 3.70. The smallest absolute Gasteiger partial charge is 0.277 e. The summed E-state index contributed by atoms with van der Waals surface area (Å²) in [6, 6.07) is 3.18. The number of oxazole rings is 1. The highest BCUT2D eigenvalue weighted by Crippen LogP contribution is 2.21. The van der Waals surface area contributed by atoms with Gasteiger partial charge in [0.05, 0.1) is 5.69 Å². The third kappa shape index (κ3) is 4.03. The van der Waals surface area contributed by atoms with E-state index >= 15 is 0 Å². The highest BCUT2D eigenvalue weighted by molar-refractivity contribution is 6.07. The summed E-state index contributed by atoms with van der Waals surface area (Å²) in [5, 5.41) is 9.10. The second-order valence-corrected chi connectivity index (χ2v) is 5.71. The highest BCUT2D eigenvalue weighted by atomic mass is 16.3. The van der Waals surface area contributed by atoms with E-state index in [4.69, 9.17) is 10.2 Å². The van der Waals surface area contributed by atoms with Gasteiger partial charge >= 0.3 is 0 Å². The topological polar surface area (TPSA) is 158 Å². The third-order valence-corrected chi connectivity index (χ3v) is 3.62. The fourth-order valence-corrected chi connectivity index (χ4v) is 2.37. The Balaban J connectivity index is 1.81. The van der Waals surface area contributed by atoms with Gasteiger partial charge in [-0.1, -0.05) is 0 Å². The van der Waals surface area contributed by atoms with Gasteiger partial charge in [0.1, 0.15) is 12.1 Å². The van der Waals surface area contributed by atoms with Crippen molar-refractivity contribution in [3.8, 4) is 11.5 Å². The maximum absolute atomic E-state index is 12.5. The summed E-state index contributed by atoms with van der Waals surface area (Å²) >= 11 is 0. The fourth-order valence-electron chi connectivity index (χ4n) is 2.37. The number of carbonyl (C=O) groups excluding carboxylic acids is 3. The summed E-state index contributed by atoms with van der Waals surface area (Å²) in [7, 11) is 0. The summed E-state index contributed by atoms with van der Waals surface area (Å²) in [5.74, 6) is -1.13. The van der Waals surface area contributed by atoms with E-state index in [9.17, 15) is 14.4 Å². The van der Waals surface area contributed by atoms with E-state index in [1.807, 2.05) is 6.92 Å². The zero-order valence-corrected chi connectivity index (χ0v) is 15.1. The quantitative estimate of drug-likeness (QED) is 0.578. The van der Waals surface area contributed by atoms with Crippen molar-refractivity contribution in [2.24, 2.45) is 5.73 Å². The van der Waals surface area contributed by atoms with Crippen molar-refractivity contribution in [2.75, 3.05) is 10.6 Å². The number of nitrogens with two attached hydrogens (primary N) is 1. The molecule has 3 aromatic heterocycles. The minimum absolute atomic E-state index is 0.00689. The molecule has 3 rings (SSSR count). The molecule has 0 saturated heterocycles. The molecule has 11 heteroatoms. The van der Waals surface area contributed by atoms with Crippen LogP contribution in [0, 0.1) is 0 Å². The van der Waals surface area contributed by atoms with Crippen LogP contribution in [0.25, 0.3) is 11.5 Å². The highest BCUT2D eigenvalue weighted by Gasteiger charge is 2.19. The van der Waals surface area contributed by atoms with E-state index in [2.05, 4.69) is 25.7 Å². The molecule has 0 bridgehead atoms. The Morgan fingerprint density at radius 3 is 2.75 bits per heavy atom. The number of hydrogen-bond acceptors (Lipinski definition) is 7. The predicted octanol–water partition coefficient (Wildman–Crippen LogP) is 1.26. The van der Waals surface area contributed by atoms with Crippen molar-refractivity contribution < 1.29 is 18.8 Å². The molecular weight excluding hydrogens is 366 g/mol. The van der Waals surface area contributed by atoms with Crippen LogP contribution in [0.3, 0.4) is 0 Å². The Hall–Kier alpha value is -4.02. The van der Waals surface area contributed by atoms with Crippen molar-refractivity contribution in [1.29, 1.82) is 0 Å². The second-order valence-electron chi connectivity index (χ2n) is 5.71. The largest absolute Gasteiger partial charge is 0.444 e. The first-order chi connectivity index (χ1) is 13.4. The third-order valence-electron chi connectivity index (χ3n) is 3.62. The van der Waals surface area contributed by atoms with E-state index in [1.165, 1.54) is 30.3 Å². The van der Waals surface area contributed by atoms with Gasteiger partial charge in [-0.3, -0.25) is 19.1 Å². The minimum atomic E-state index is -0.759. The van der Waals surface area contributed by atoms with Gasteiger partial charge in [0, 0.05) is 31.4 Å².